The second-order valence-corrected chi connectivity index (χ2v) is 8.64. The molecule has 0 aliphatic carbocycles. The number of morpholine rings is 1. The summed E-state index contributed by atoms with van der Waals surface area (Å²) in [6.45, 7) is 3.81. The number of nitrogens with zero attached hydrogens (tertiary/aromatic N) is 2. The molecule has 2 heterocycles. The van der Waals surface area contributed by atoms with Crippen molar-refractivity contribution in [3.8, 4) is 0 Å². The van der Waals surface area contributed by atoms with Crippen molar-refractivity contribution in [3.63, 3.8) is 0 Å². The molecule has 0 bridgehead atoms. The average Bonchev–Trinajstić information content (AvgIpc) is 3.21. The highest BCUT2D eigenvalue weighted by atomic mass is 32.2. The monoisotopic (exact) mass is 407 g/mol. The van der Waals surface area contributed by atoms with E-state index < -0.39 is 10.0 Å². The lowest BCUT2D eigenvalue weighted by Crippen LogP contribution is -2.40. The number of anilines is 1. The molecular formula is C19H25N3O5S. The molecule has 1 aromatic heterocycles. The molecule has 9 heteroatoms. The maximum atomic E-state index is 12.6. The highest BCUT2D eigenvalue weighted by Crippen LogP contribution is 2.20. The van der Waals surface area contributed by atoms with Crippen LogP contribution in [0.1, 0.15) is 12.7 Å². The van der Waals surface area contributed by atoms with Crippen molar-refractivity contribution in [2.45, 2.75) is 24.4 Å². The lowest BCUT2D eigenvalue weighted by atomic mass is 10.2. The van der Waals surface area contributed by atoms with Crippen molar-refractivity contribution in [1.29, 1.82) is 0 Å². The molecule has 1 N–H and O–H groups in total. The van der Waals surface area contributed by atoms with Gasteiger partial charge in [0.2, 0.25) is 15.9 Å². The quantitative estimate of drug-likeness (QED) is 0.752. The highest BCUT2D eigenvalue weighted by Gasteiger charge is 2.26. The first-order valence-corrected chi connectivity index (χ1v) is 10.5. The number of hydrogen-bond donors (Lipinski definition) is 1. The molecule has 0 spiro atoms. The summed E-state index contributed by atoms with van der Waals surface area (Å²) in [5.74, 6) is 0.595. The minimum absolute atomic E-state index is 0.183. The van der Waals surface area contributed by atoms with Gasteiger partial charge in [-0.3, -0.25) is 9.69 Å². The third-order valence-electron chi connectivity index (χ3n) is 4.76. The van der Waals surface area contributed by atoms with E-state index in [1.54, 1.807) is 31.4 Å². The Morgan fingerprint density at radius 2 is 1.89 bits per heavy atom. The first kappa shape index (κ1) is 20.5. The highest BCUT2D eigenvalue weighted by molar-refractivity contribution is 7.89. The lowest BCUT2D eigenvalue weighted by molar-refractivity contribution is -0.120. The Labute approximate surface area is 165 Å². The van der Waals surface area contributed by atoms with Crippen LogP contribution in [0.2, 0.25) is 0 Å². The number of sulfonamides is 1. The fourth-order valence-electron chi connectivity index (χ4n) is 2.88. The fraction of sp³-hybridized carbons (Fsp3) is 0.421. The molecule has 28 heavy (non-hydrogen) atoms. The zero-order chi connectivity index (χ0) is 20.1. The van der Waals surface area contributed by atoms with Gasteiger partial charge in [-0.25, -0.2) is 8.42 Å². The number of hydrogen-bond acceptors (Lipinski definition) is 6. The van der Waals surface area contributed by atoms with E-state index in [0.29, 0.717) is 38.5 Å². The van der Waals surface area contributed by atoms with E-state index in [0.717, 1.165) is 5.76 Å². The molecule has 2 aromatic rings. The van der Waals surface area contributed by atoms with Crippen LogP contribution in [0, 0.1) is 0 Å². The van der Waals surface area contributed by atoms with Crippen molar-refractivity contribution >= 4 is 21.6 Å². The van der Waals surface area contributed by atoms with Crippen molar-refractivity contribution in [1.82, 2.24) is 9.21 Å². The first-order valence-electron chi connectivity index (χ1n) is 9.09. The van der Waals surface area contributed by atoms with E-state index in [1.165, 1.54) is 16.4 Å². The van der Waals surface area contributed by atoms with Crippen molar-refractivity contribution in [3.05, 3.63) is 48.4 Å². The van der Waals surface area contributed by atoms with Crippen molar-refractivity contribution in [2.24, 2.45) is 0 Å². The van der Waals surface area contributed by atoms with Crippen LogP contribution in [-0.2, 0) is 26.1 Å². The molecule has 152 valence electrons. The molecule has 1 aliphatic rings. The third kappa shape index (κ3) is 4.79. The standard InChI is InChI=1S/C19H25N3O5S/c1-15(21(2)14-17-4-3-11-27-17)19(23)20-16-5-7-18(8-6-16)28(24,25)22-9-12-26-13-10-22/h3-8,11,15H,9-10,12-14H2,1-2H3,(H,20,23)/t15-/m0/s1. The summed E-state index contributed by atoms with van der Waals surface area (Å²) in [6.07, 6.45) is 1.60. The Balaban J connectivity index is 1.61. The number of likely N-dealkylation sites (N-methyl/N-ethyl adjacent to an activating group) is 1. The van der Waals surface area contributed by atoms with E-state index >= 15 is 0 Å². The molecule has 1 atom stereocenters. The van der Waals surface area contributed by atoms with Crippen molar-refractivity contribution < 1.29 is 22.4 Å². The van der Waals surface area contributed by atoms with Crippen LogP contribution in [0.5, 0.6) is 0 Å². The van der Waals surface area contributed by atoms with Gasteiger partial charge in [-0.1, -0.05) is 0 Å². The SMILES string of the molecule is C[C@@H](C(=O)Nc1ccc(S(=O)(=O)N2CCOCC2)cc1)N(C)Cc1ccco1. The third-order valence-corrected chi connectivity index (χ3v) is 6.67. The van der Waals surface area contributed by atoms with Gasteiger partial charge >= 0.3 is 0 Å². The van der Waals surface area contributed by atoms with Crippen LogP contribution in [0.4, 0.5) is 5.69 Å². The van der Waals surface area contributed by atoms with Crippen LogP contribution in [-0.4, -0.2) is 62.9 Å². The largest absolute Gasteiger partial charge is 0.468 e. The fourth-order valence-corrected chi connectivity index (χ4v) is 4.29. The van der Waals surface area contributed by atoms with E-state index in [4.69, 9.17) is 9.15 Å². The normalized spacial score (nSPS) is 16.8. The maximum absolute atomic E-state index is 12.6. The number of carbonyl (C=O) groups is 1. The summed E-state index contributed by atoms with van der Waals surface area (Å²) in [6, 6.07) is 9.50. The predicted octanol–water partition coefficient (Wildman–Crippen LogP) is 1.76. The number of benzene rings is 1. The second kappa shape index (κ2) is 8.87. The molecule has 1 aliphatic heterocycles. The summed E-state index contributed by atoms with van der Waals surface area (Å²) in [5.41, 5.74) is 0.546. The zero-order valence-electron chi connectivity index (χ0n) is 16.0. The Hall–Kier alpha value is -2.20. The molecule has 1 amide bonds. The number of ether oxygens (including phenoxy) is 1. The van der Waals surface area contributed by atoms with Crippen LogP contribution < -0.4 is 5.32 Å². The van der Waals surface area contributed by atoms with Gasteiger partial charge in [-0.05, 0) is 50.4 Å². The zero-order valence-corrected chi connectivity index (χ0v) is 16.8. The Kier molecular flexibility index (Phi) is 6.50. The van der Waals surface area contributed by atoms with Gasteiger partial charge in [-0.2, -0.15) is 4.31 Å². The number of nitrogens with one attached hydrogen (secondary N) is 1. The van der Waals surface area contributed by atoms with E-state index in [9.17, 15) is 13.2 Å². The topological polar surface area (TPSA) is 92.1 Å². The average molecular weight is 407 g/mol. The first-order chi connectivity index (χ1) is 13.4. The molecule has 8 nitrogen and oxygen atoms in total. The van der Waals surface area contributed by atoms with Gasteiger partial charge in [0.25, 0.3) is 0 Å². The van der Waals surface area contributed by atoms with Gasteiger partial charge in [0.15, 0.2) is 0 Å². The summed E-state index contributed by atoms with van der Waals surface area (Å²) in [7, 11) is -1.71. The Morgan fingerprint density at radius 3 is 2.50 bits per heavy atom. The summed E-state index contributed by atoms with van der Waals surface area (Å²) >= 11 is 0. The molecule has 0 radical (unpaired) electrons. The summed E-state index contributed by atoms with van der Waals surface area (Å²) in [5, 5.41) is 2.82. The number of rotatable bonds is 7. The van der Waals surface area contributed by atoms with Crippen LogP contribution in [0.15, 0.2) is 52.0 Å². The van der Waals surface area contributed by atoms with Crippen LogP contribution in [0.3, 0.4) is 0 Å². The molecule has 1 fully saturated rings. The van der Waals surface area contributed by atoms with Gasteiger partial charge in [0.1, 0.15) is 5.76 Å². The molecule has 1 aromatic carbocycles. The number of furan rings is 1. The van der Waals surface area contributed by atoms with Crippen LogP contribution >= 0.6 is 0 Å². The Morgan fingerprint density at radius 1 is 1.21 bits per heavy atom. The molecule has 1 saturated heterocycles. The van der Waals surface area contributed by atoms with Gasteiger partial charge < -0.3 is 14.5 Å². The number of carbonyl (C=O) groups excluding carboxylic acids is 1. The van der Waals surface area contributed by atoms with E-state index in [1.807, 2.05) is 18.0 Å². The van der Waals surface area contributed by atoms with Gasteiger partial charge in [0, 0.05) is 18.8 Å². The second-order valence-electron chi connectivity index (χ2n) is 6.70. The minimum atomic E-state index is -3.54. The summed E-state index contributed by atoms with van der Waals surface area (Å²) in [4.78, 5) is 14.6. The predicted molar refractivity (Wildman–Crippen MR) is 104 cm³/mol. The maximum Gasteiger partial charge on any atom is 0.243 e. The molecular weight excluding hydrogens is 382 g/mol. The summed E-state index contributed by atoms with van der Waals surface area (Å²) < 4.78 is 37.2. The number of amides is 1. The van der Waals surface area contributed by atoms with Gasteiger partial charge in [-0.15, -0.1) is 0 Å². The van der Waals surface area contributed by atoms with Gasteiger partial charge in [0.05, 0.1) is 37.0 Å². The van der Waals surface area contributed by atoms with Crippen molar-refractivity contribution in [2.75, 3.05) is 38.7 Å². The molecule has 0 saturated carbocycles. The molecule has 3 rings (SSSR count). The minimum Gasteiger partial charge on any atom is -0.468 e. The van der Waals surface area contributed by atoms with E-state index in [2.05, 4.69) is 5.32 Å². The Bertz CT molecular complexity index is 875. The molecule has 0 unspecified atom stereocenters. The van der Waals surface area contributed by atoms with Crippen LogP contribution in [0.25, 0.3) is 0 Å². The van der Waals surface area contributed by atoms with E-state index in [-0.39, 0.29) is 16.8 Å². The smallest absolute Gasteiger partial charge is 0.243 e. The lowest BCUT2D eigenvalue weighted by Gasteiger charge is -2.26.